The molecule has 1 rings (SSSR count). The van der Waals surface area contributed by atoms with Crippen LogP contribution in [0.15, 0.2) is 18.3 Å². The Hall–Kier alpha value is -1.09. The third-order valence-corrected chi connectivity index (χ3v) is 2.86. The van der Waals surface area contributed by atoms with Crippen molar-refractivity contribution < 1.29 is 5.11 Å². The van der Waals surface area contributed by atoms with Crippen LogP contribution in [0, 0.1) is 5.92 Å². The molecule has 2 N–H and O–H groups in total. The Kier molecular flexibility index (Phi) is 5.98. The van der Waals surface area contributed by atoms with Crippen molar-refractivity contribution in [3.63, 3.8) is 0 Å². The molecule has 1 atom stereocenters. The highest BCUT2D eigenvalue weighted by Crippen LogP contribution is 2.09. The zero-order valence-corrected chi connectivity index (χ0v) is 11.1. The summed E-state index contributed by atoms with van der Waals surface area (Å²) >= 11 is 0. The highest BCUT2D eigenvalue weighted by Gasteiger charge is 2.03. The molecule has 0 aromatic carbocycles. The summed E-state index contributed by atoms with van der Waals surface area (Å²) < 4.78 is 0. The zero-order valence-electron chi connectivity index (χ0n) is 11.1. The lowest BCUT2D eigenvalue weighted by molar-refractivity contribution is 0.453. The predicted octanol–water partition coefficient (Wildman–Crippen LogP) is 3.09. The Labute approximate surface area is 104 Å². The minimum Gasteiger partial charge on any atom is -0.506 e. The number of nitrogens with one attached hydrogen (secondary N) is 1. The second-order valence-corrected chi connectivity index (χ2v) is 5.11. The van der Waals surface area contributed by atoms with Crippen molar-refractivity contribution in [3.05, 3.63) is 24.0 Å². The summed E-state index contributed by atoms with van der Waals surface area (Å²) in [6, 6.07) is 4.04. The fourth-order valence-electron chi connectivity index (χ4n) is 1.73. The predicted molar refractivity (Wildman–Crippen MR) is 70.9 cm³/mol. The molecule has 0 aliphatic rings. The average molecular weight is 236 g/mol. The van der Waals surface area contributed by atoms with Crippen molar-refractivity contribution in [1.82, 2.24) is 10.3 Å². The number of rotatable bonds is 7. The quantitative estimate of drug-likeness (QED) is 0.764. The normalized spacial score (nSPS) is 12.9. The lowest BCUT2D eigenvalue weighted by atomic mass is 10.0. The number of aromatic hydroxyl groups is 1. The monoisotopic (exact) mass is 236 g/mol. The van der Waals surface area contributed by atoms with Gasteiger partial charge in [-0.15, -0.1) is 0 Å². The van der Waals surface area contributed by atoms with Crippen molar-refractivity contribution in [3.8, 4) is 5.75 Å². The fraction of sp³-hybridized carbons (Fsp3) is 0.643. The van der Waals surface area contributed by atoms with E-state index in [4.69, 9.17) is 5.11 Å². The summed E-state index contributed by atoms with van der Waals surface area (Å²) in [4.78, 5) is 4.15. The van der Waals surface area contributed by atoms with E-state index < -0.39 is 0 Å². The van der Waals surface area contributed by atoms with Crippen LogP contribution in [0.2, 0.25) is 0 Å². The van der Waals surface area contributed by atoms with Crippen molar-refractivity contribution >= 4 is 0 Å². The lowest BCUT2D eigenvalue weighted by Gasteiger charge is -2.14. The molecule has 17 heavy (non-hydrogen) atoms. The molecule has 3 heteroatoms. The maximum atomic E-state index is 9.12. The highest BCUT2D eigenvalue weighted by molar-refractivity contribution is 5.17. The highest BCUT2D eigenvalue weighted by atomic mass is 16.3. The summed E-state index contributed by atoms with van der Waals surface area (Å²) in [7, 11) is 0. The fourth-order valence-corrected chi connectivity index (χ4v) is 1.73. The van der Waals surface area contributed by atoms with Crippen LogP contribution in [-0.4, -0.2) is 16.1 Å². The molecule has 3 nitrogen and oxygen atoms in total. The molecule has 1 aromatic rings. The van der Waals surface area contributed by atoms with E-state index in [2.05, 4.69) is 31.1 Å². The van der Waals surface area contributed by atoms with Crippen molar-refractivity contribution in [2.75, 3.05) is 0 Å². The molecule has 0 radical (unpaired) electrons. The third-order valence-electron chi connectivity index (χ3n) is 2.86. The summed E-state index contributed by atoms with van der Waals surface area (Å²) in [5.74, 6) is 1.01. The van der Waals surface area contributed by atoms with Crippen LogP contribution in [0.5, 0.6) is 5.75 Å². The van der Waals surface area contributed by atoms with Crippen LogP contribution in [0.4, 0.5) is 0 Å². The van der Waals surface area contributed by atoms with Gasteiger partial charge in [0.1, 0.15) is 5.75 Å². The first-order valence-corrected chi connectivity index (χ1v) is 6.45. The summed E-state index contributed by atoms with van der Waals surface area (Å²) in [6.45, 7) is 7.50. The first-order valence-electron chi connectivity index (χ1n) is 6.45. The Balaban J connectivity index is 2.19. The van der Waals surface area contributed by atoms with Crippen molar-refractivity contribution in [1.29, 1.82) is 0 Å². The largest absolute Gasteiger partial charge is 0.506 e. The Morgan fingerprint density at radius 1 is 1.24 bits per heavy atom. The van der Waals surface area contributed by atoms with Gasteiger partial charge in [0, 0.05) is 12.6 Å². The van der Waals surface area contributed by atoms with Gasteiger partial charge in [-0.25, -0.2) is 0 Å². The smallest absolute Gasteiger partial charge is 0.133 e. The molecule has 0 saturated carbocycles. The molecule has 1 heterocycles. The van der Waals surface area contributed by atoms with Gasteiger partial charge in [-0.3, -0.25) is 4.98 Å². The number of nitrogens with zero attached hydrogens (tertiary/aromatic N) is 1. The van der Waals surface area contributed by atoms with Gasteiger partial charge in [0.2, 0.25) is 0 Å². The van der Waals surface area contributed by atoms with Crippen LogP contribution in [0.3, 0.4) is 0 Å². The van der Waals surface area contributed by atoms with Gasteiger partial charge in [-0.1, -0.05) is 26.7 Å². The lowest BCUT2D eigenvalue weighted by Crippen LogP contribution is -2.25. The van der Waals surface area contributed by atoms with E-state index in [-0.39, 0.29) is 5.75 Å². The standard InChI is InChI=1S/C14H24N2O/c1-11(2)5-4-6-12(3)15-9-13-7-8-14(17)10-16-13/h7-8,10-12,15,17H,4-6,9H2,1-3H3. The molecule has 0 saturated heterocycles. The van der Waals surface area contributed by atoms with E-state index in [1.807, 2.05) is 6.07 Å². The summed E-state index contributed by atoms with van der Waals surface area (Å²) in [6.07, 6.45) is 5.26. The SMILES string of the molecule is CC(C)CCCC(C)NCc1ccc(O)cn1. The maximum Gasteiger partial charge on any atom is 0.133 e. The van der Waals surface area contributed by atoms with Gasteiger partial charge >= 0.3 is 0 Å². The zero-order chi connectivity index (χ0) is 12.7. The number of aromatic nitrogens is 1. The average Bonchev–Trinajstić information content (AvgIpc) is 2.28. The molecule has 96 valence electrons. The Bertz CT molecular complexity index is 309. The van der Waals surface area contributed by atoms with Crippen LogP contribution < -0.4 is 5.32 Å². The molecular weight excluding hydrogens is 212 g/mol. The van der Waals surface area contributed by atoms with E-state index in [1.165, 1.54) is 25.5 Å². The van der Waals surface area contributed by atoms with Gasteiger partial charge in [-0.05, 0) is 31.4 Å². The number of hydrogen-bond acceptors (Lipinski definition) is 3. The first kappa shape index (κ1) is 14.0. The molecule has 0 aliphatic heterocycles. The van der Waals surface area contributed by atoms with Crippen LogP contribution in [0.1, 0.15) is 45.7 Å². The van der Waals surface area contributed by atoms with E-state index in [0.717, 1.165) is 18.2 Å². The van der Waals surface area contributed by atoms with Gasteiger partial charge in [-0.2, -0.15) is 0 Å². The second-order valence-electron chi connectivity index (χ2n) is 5.11. The van der Waals surface area contributed by atoms with E-state index in [1.54, 1.807) is 6.07 Å². The third kappa shape index (κ3) is 6.27. The van der Waals surface area contributed by atoms with Crippen LogP contribution in [-0.2, 0) is 6.54 Å². The molecule has 1 aromatic heterocycles. The molecule has 0 bridgehead atoms. The first-order chi connectivity index (χ1) is 8.08. The van der Waals surface area contributed by atoms with Crippen molar-refractivity contribution in [2.24, 2.45) is 5.92 Å². The molecule has 1 unspecified atom stereocenters. The Morgan fingerprint density at radius 2 is 2.00 bits per heavy atom. The molecule has 0 spiro atoms. The minimum absolute atomic E-state index is 0.221. The number of hydrogen-bond donors (Lipinski definition) is 2. The van der Waals surface area contributed by atoms with Crippen LogP contribution in [0.25, 0.3) is 0 Å². The van der Waals surface area contributed by atoms with Gasteiger partial charge in [0.15, 0.2) is 0 Å². The maximum absolute atomic E-state index is 9.12. The molecular formula is C14H24N2O. The van der Waals surface area contributed by atoms with Gasteiger partial charge in [0.25, 0.3) is 0 Å². The molecule has 0 aliphatic carbocycles. The topological polar surface area (TPSA) is 45.1 Å². The second kappa shape index (κ2) is 7.28. The van der Waals surface area contributed by atoms with Gasteiger partial charge < -0.3 is 10.4 Å². The molecule has 0 fully saturated rings. The Morgan fingerprint density at radius 3 is 2.59 bits per heavy atom. The van der Waals surface area contributed by atoms with E-state index in [0.29, 0.717) is 6.04 Å². The summed E-state index contributed by atoms with van der Waals surface area (Å²) in [5.41, 5.74) is 0.971. The van der Waals surface area contributed by atoms with E-state index in [9.17, 15) is 0 Å². The van der Waals surface area contributed by atoms with Gasteiger partial charge in [0.05, 0.1) is 11.9 Å². The van der Waals surface area contributed by atoms with Crippen LogP contribution >= 0.6 is 0 Å². The van der Waals surface area contributed by atoms with Crippen molar-refractivity contribution in [2.45, 2.75) is 52.6 Å². The minimum atomic E-state index is 0.221. The number of pyridine rings is 1. The molecule has 0 amide bonds. The summed E-state index contributed by atoms with van der Waals surface area (Å²) in [5, 5.41) is 12.6. The van der Waals surface area contributed by atoms with E-state index >= 15 is 0 Å².